The molecule has 3 nitrogen and oxygen atoms in total. The first-order chi connectivity index (χ1) is 12.9. The summed E-state index contributed by atoms with van der Waals surface area (Å²) in [6.45, 7) is 0. The zero-order valence-electron chi connectivity index (χ0n) is 13.6. The van der Waals surface area contributed by atoms with E-state index in [9.17, 15) is 22.8 Å². The van der Waals surface area contributed by atoms with Crippen molar-refractivity contribution in [2.24, 2.45) is 0 Å². The first-order valence-electron chi connectivity index (χ1n) is 7.72. The summed E-state index contributed by atoms with van der Waals surface area (Å²) < 4.78 is 40.3. The van der Waals surface area contributed by atoms with Crippen LogP contribution in [0.4, 0.5) is 18.9 Å². The van der Waals surface area contributed by atoms with Gasteiger partial charge in [-0.25, -0.2) is 13.2 Å². The average molecular weight is 390 g/mol. The summed E-state index contributed by atoms with van der Waals surface area (Å²) in [5, 5.41) is 2.60. The molecule has 3 aromatic carbocycles. The van der Waals surface area contributed by atoms with Crippen molar-refractivity contribution < 1.29 is 22.8 Å². The van der Waals surface area contributed by atoms with Crippen LogP contribution in [0, 0.1) is 17.5 Å². The van der Waals surface area contributed by atoms with Gasteiger partial charge in [-0.2, -0.15) is 0 Å². The lowest BCUT2D eigenvalue weighted by Gasteiger charge is -2.12. The van der Waals surface area contributed by atoms with Gasteiger partial charge in [0.25, 0.3) is 5.91 Å². The van der Waals surface area contributed by atoms with Gasteiger partial charge in [0.2, 0.25) is 0 Å². The first kappa shape index (κ1) is 18.7. The second-order valence-electron chi connectivity index (χ2n) is 5.56. The van der Waals surface area contributed by atoms with Crippen LogP contribution >= 0.6 is 11.6 Å². The molecule has 0 unspecified atom stereocenters. The molecule has 0 saturated carbocycles. The Kier molecular flexibility index (Phi) is 5.28. The van der Waals surface area contributed by atoms with Gasteiger partial charge in [-0.3, -0.25) is 9.59 Å². The van der Waals surface area contributed by atoms with Crippen molar-refractivity contribution in [2.75, 3.05) is 5.32 Å². The fourth-order valence-electron chi connectivity index (χ4n) is 2.45. The average Bonchev–Trinajstić information content (AvgIpc) is 2.67. The van der Waals surface area contributed by atoms with Crippen molar-refractivity contribution >= 4 is 29.0 Å². The third-order valence-corrected chi connectivity index (χ3v) is 4.03. The van der Waals surface area contributed by atoms with Crippen LogP contribution in [0.1, 0.15) is 26.3 Å². The number of benzene rings is 3. The smallest absolute Gasteiger partial charge is 0.258 e. The number of carbonyl (C=O) groups excluding carboxylic acids is 2. The van der Waals surface area contributed by atoms with E-state index in [1.165, 1.54) is 18.2 Å². The van der Waals surface area contributed by atoms with Crippen LogP contribution in [0.2, 0.25) is 5.02 Å². The Balaban J connectivity index is 1.97. The first-order valence-corrected chi connectivity index (χ1v) is 8.10. The van der Waals surface area contributed by atoms with Crippen LogP contribution in [0.15, 0.2) is 60.7 Å². The molecule has 3 rings (SSSR count). The minimum atomic E-state index is -1.75. The molecule has 0 aliphatic carbocycles. The Morgan fingerprint density at radius 3 is 2.22 bits per heavy atom. The lowest BCUT2D eigenvalue weighted by molar-refractivity contribution is 0.102. The highest BCUT2D eigenvalue weighted by molar-refractivity contribution is 6.31. The molecule has 1 N–H and O–H groups in total. The third-order valence-electron chi connectivity index (χ3n) is 3.79. The van der Waals surface area contributed by atoms with E-state index >= 15 is 0 Å². The van der Waals surface area contributed by atoms with E-state index in [0.29, 0.717) is 11.6 Å². The highest BCUT2D eigenvalue weighted by Crippen LogP contribution is 2.25. The van der Waals surface area contributed by atoms with E-state index in [2.05, 4.69) is 5.32 Å². The Hall–Kier alpha value is -3.12. The van der Waals surface area contributed by atoms with Gasteiger partial charge in [0.05, 0.1) is 11.3 Å². The fraction of sp³-hybridized carbons (Fsp3) is 0. The number of hydrogen-bond acceptors (Lipinski definition) is 2. The van der Waals surface area contributed by atoms with E-state index < -0.39 is 34.7 Å². The van der Waals surface area contributed by atoms with E-state index in [1.54, 1.807) is 30.3 Å². The van der Waals surface area contributed by atoms with Crippen molar-refractivity contribution in [3.05, 3.63) is 99.8 Å². The summed E-state index contributed by atoms with van der Waals surface area (Å²) in [5.41, 5.74) is -0.205. The zero-order chi connectivity index (χ0) is 19.6. The van der Waals surface area contributed by atoms with Gasteiger partial charge < -0.3 is 5.32 Å². The number of anilines is 1. The molecule has 0 fully saturated rings. The standard InChI is InChI=1S/C20H11ClF3NO2/c21-12-6-9-16(14(10-12)19(26)11-4-2-1-3-5-11)25-20(27)13-7-8-15(22)18(24)17(13)23/h1-10H,(H,25,27). The maximum atomic E-state index is 13.8. The van der Waals surface area contributed by atoms with E-state index in [4.69, 9.17) is 11.6 Å². The van der Waals surface area contributed by atoms with Crippen molar-refractivity contribution in [2.45, 2.75) is 0 Å². The van der Waals surface area contributed by atoms with Gasteiger partial charge in [0.15, 0.2) is 23.2 Å². The Bertz CT molecular complexity index is 1040. The number of ketones is 1. The van der Waals surface area contributed by atoms with Gasteiger partial charge >= 0.3 is 0 Å². The Morgan fingerprint density at radius 2 is 1.52 bits per heavy atom. The second-order valence-corrected chi connectivity index (χ2v) is 6.00. The number of rotatable bonds is 4. The van der Waals surface area contributed by atoms with Gasteiger partial charge in [-0.1, -0.05) is 41.9 Å². The summed E-state index contributed by atoms with van der Waals surface area (Å²) >= 11 is 5.95. The van der Waals surface area contributed by atoms with Gasteiger partial charge in [0, 0.05) is 16.1 Å². The van der Waals surface area contributed by atoms with Crippen LogP contribution in [0.5, 0.6) is 0 Å². The van der Waals surface area contributed by atoms with Crippen molar-refractivity contribution in [3.63, 3.8) is 0 Å². The van der Waals surface area contributed by atoms with Crippen LogP contribution < -0.4 is 5.32 Å². The van der Waals surface area contributed by atoms with Crippen LogP contribution in [0.3, 0.4) is 0 Å². The van der Waals surface area contributed by atoms with Crippen molar-refractivity contribution in [3.8, 4) is 0 Å². The Morgan fingerprint density at radius 1 is 0.815 bits per heavy atom. The van der Waals surface area contributed by atoms with E-state index in [0.717, 1.165) is 6.07 Å². The molecule has 0 aliphatic rings. The molecular formula is C20H11ClF3NO2. The minimum Gasteiger partial charge on any atom is -0.321 e. The summed E-state index contributed by atoms with van der Waals surface area (Å²) in [4.78, 5) is 25.0. The molecule has 0 radical (unpaired) electrons. The number of amides is 1. The molecule has 0 aliphatic heterocycles. The SMILES string of the molecule is O=C(c1ccccc1)c1cc(Cl)ccc1NC(=O)c1ccc(F)c(F)c1F. The molecule has 0 aromatic heterocycles. The van der Waals surface area contributed by atoms with Crippen LogP contribution in [0.25, 0.3) is 0 Å². The molecule has 0 spiro atoms. The minimum absolute atomic E-state index is 0.0578. The lowest BCUT2D eigenvalue weighted by Crippen LogP contribution is -2.17. The largest absolute Gasteiger partial charge is 0.321 e. The van der Waals surface area contributed by atoms with Crippen LogP contribution in [-0.2, 0) is 0 Å². The van der Waals surface area contributed by atoms with Crippen molar-refractivity contribution in [1.29, 1.82) is 0 Å². The van der Waals surface area contributed by atoms with Crippen LogP contribution in [-0.4, -0.2) is 11.7 Å². The second kappa shape index (κ2) is 7.63. The molecule has 0 saturated heterocycles. The van der Waals surface area contributed by atoms with E-state index in [-0.39, 0.29) is 16.3 Å². The summed E-state index contributed by atoms with van der Waals surface area (Å²) in [7, 11) is 0. The molecular weight excluding hydrogens is 379 g/mol. The maximum Gasteiger partial charge on any atom is 0.258 e. The van der Waals surface area contributed by atoms with E-state index in [1.807, 2.05) is 0 Å². The molecule has 0 heterocycles. The summed E-state index contributed by atoms with van der Waals surface area (Å²) in [5.74, 6) is -6.22. The highest BCUT2D eigenvalue weighted by atomic mass is 35.5. The molecule has 136 valence electrons. The van der Waals surface area contributed by atoms with Gasteiger partial charge in [-0.15, -0.1) is 0 Å². The lowest BCUT2D eigenvalue weighted by atomic mass is 10.0. The summed E-state index contributed by atoms with van der Waals surface area (Å²) in [6, 6.07) is 13.9. The summed E-state index contributed by atoms with van der Waals surface area (Å²) in [6.07, 6.45) is 0. The highest BCUT2D eigenvalue weighted by Gasteiger charge is 2.21. The number of carbonyl (C=O) groups is 2. The fourth-order valence-corrected chi connectivity index (χ4v) is 2.62. The number of nitrogens with one attached hydrogen (secondary N) is 1. The molecule has 1 amide bonds. The molecule has 0 atom stereocenters. The predicted octanol–water partition coefficient (Wildman–Crippen LogP) is 5.24. The zero-order valence-corrected chi connectivity index (χ0v) is 14.4. The van der Waals surface area contributed by atoms with Gasteiger partial charge in [0.1, 0.15) is 0 Å². The number of halogens is 4. The quantitative estimate of drug-likeness (QED) is 0.490. The topological polar surface area (TPSA) is 46.2 Å². The van der Waals surface area contributed by atoms with Gasteiger partial charge in [-0.05, 0) is 30.3 Å². The predicted molar refractivity (Wildman–Crippen MR) is 95.6 cm³/mol. The maximum absolute atomic E-state index is 13.8. The number of hydrogen-bond donors (Lipinski definition) is 1. The molecule has 0 bridgehead atoms. The monoisotopic (exact) mass is 389 g/mol. The normalized spacial score (nSPS) is 10.5. The molecule has 7 heteroatoms. The van der Waals surface area contributed by atoms with Crippen molar-refractivity contribution in [1.82, 2.24) is 0 Å². The Labute approximate surface area is 157 Å². The molecule has 27 heavy (non-hydrogen) atoms. The molecule has 3 aromatic rings. The third kappa shape index (κ3) is 3.85.